The molecular weight excluding hydrogens is 388 g/mol. The van der Waals surface area contributed by atoms with E-state index < -0.39 is 0 Å². The summed E-state index contributed by atoms with van der Waals surface area (Å²) >= 11 is 3.42. The van der Waals surface area contributed by atoms with Gasteiger partial charge in [0.15, 0.2) is 18.1 Å². The van der Waals surface area contributed by atoms with Crippen LogP contribution in [0, 0.1) is 6.92 Å². The van der Waals surface area contributed by atoms with E-state index in [1.54, 1.807) is 6.92 Å². The molecule has 0 bridgehead atoms. The number of rotatable bonds is 5. The first-order valence-corrected chi connectivity index (χ1v) is 8.45. The van der Waals surface area contributed by atoms with Crippen molar-refractivity contribution in [1.29, 1.82) is 0 Å². The van der Waals surface area contributed by atoms with Crippen molar-refractivity contribution in [2.75, 3.05) is 18.7 Å². The minimum atomic E-state index is -0.274. The fraction of sp³-hybridized carbons (Fsp3) is 0.222. The molecule has 0 aliphatic carbocycles. The third kappa shape index (κ3) is 4.30. The van der Waals surface area contributed by atoms with Crippen molar-refractivity contribution in [3.8, 4) is 11.5 Å². The predicted octanol–water partition coefficient (Wildman–Crippen LogP) is 3.87. The molecule has 1 N–H and O–H groups in total. The monoisotopic (exact) mass is 404 g/mol. The summed E-state index contributed by atoms with van der Waals surface area (Å²) in [6.45, 7) is 3.81. The molecule has 0 radical (unpaired) electrons. The minimum absolute atomic E-state index is 0.170. The van der Waals surface area contributed by atoms with Gasteiger partial charge in [-0.2, -0.15) is 0 Å². The van der Waals surface area contributed by atoms with Crippen LogP contribution in [0.15, 0.2) is 46.0 Å². The van der Waals surface area contributed by atoms with Gasteiger partial charge >= 0.3 is 0 Å². The van der Waals surface area contributed by atoms with E-state index in [1.165, 1.54) is 0 Å². The number of fused-ring (bicyclic) bond motifs is 1. The Balaban J connectivity index is 1.54. The van der Waals surface area contributed by atoms with Gasteiger partial charge in [0.2, 0.25) is 6.79 Å². The molecule has 7 heteroatoms. The van der Waals surface area contributed by atoms with Gasteiger partial charge in [0.05, 0.1) is 5.71 Å². The zero-order chi connectivity index (χ0) is 17.8. The molecule has 1 aliphatic heterocycles. The van der Waals surface area contributed by atoms with Crippen molar-refractivity contribution in [2.45, 2.75) is 13.8 Å². The topological polar surface area (TPSA) is 69.2 Å². The fourth-order valence-corrected chi connectivity index (χ4v) is 2.53. The van der Waals surface area contributed by atoms with Crippen LogP contribution < -0.4 is 14.8 Å². The van der Waals surface area contributed by atoms with Gasteiger partial charge in [0, 0.05) is 15.7 Å². The summed E-state index contributed by atoms with van der Waals surface area (Å²) in [4.78, 5) is 17.1. The molecule has 25 heavy (non-hydrogen) atoms. The number of amides is 1. The molecule has 2 aromatic carbocycles. The maximum atomic E-state index is 11.9. The number of carbonyl (C=O) groups excluding carboxylic acids is 1. The van der Waals surface area contributed by atoms with Crippen molar-refractivity contribution < 1.29 is 19.1 Å². The van der Waals surface area contributed by atoms with Crippen LogP contribution >= 0.6 is 15.9 Å². The predicted molar refractivity (Wildman–Crippen MR) is 98.2 cm³/mol. The Labute approximate surface area is 153 Å². The van der Waals surface area contributed by atoms with Gasteiger partial charge in [-0.15, -0.1) is 0 Å². The molecule has 0 spiro atoms. The normalized spacial score (nSPS) is 12.8. The lowest BCUT2D eigenvalue weighted by Crippen LogP contribution is -2.17. The number of carbonyl (C=O) groups is 1. The van der Waals surface area contributed by atoms with E-state index in [-0.39, 0.29) is 19.3 Å². The number of aryl methyl sites for hydroxylation is 1. The summed E-state index contributed by atoms with van der Waals surface area (Å²) in [6, 6.07) is 11.1. The van der Waals surface area contributed by atoms with Crippen LogP contribution in [0.4, 0.5) is 5.69 Å². The molecule has 1 heterocycles. The van der Waals surface area contributed by atoms with Gasteiger partial charge in [0.25, 0.3) is 5.91 Å². The second-order valence-corrected chi connectivity index (χ2v) is 6.38. The highest BCUT2D eigenvalue weighted by atomic mass is 79.9. The number of oxime groups is 1. The zero-order valence-electron chi connectivity index (χ0n) is 13.8. The van der Waals surface area contributed by atoms with Crippen molar-refractivity contribution in [3.05, 3.63) is 52.0 Å². The molecule has 0 saturated heterocycles. The number of halogens is 1. The van der Waals surface area contributed by atoms with Crippen LogP contribution in [0.2, 0.25) is 0 Å². The van der Waals surface area contributed by atoms with E-state index in [1.807, 2.05) is 43.3 Å². The van der Waals surface area contributed by atoms with Crippen molar-refractivity contribution in [1.82, 2.24) is 0 Å². The largest absolute Gasteiger partial charge is 0.454 e. The third-order valence-corrected chi connectivity index (χ3v) is 4.52. The number of anilines is 1. The average molecular weight is 405 g/mol. The molecule has 6 nitrogen and oxygen atoms in total. The number of hydrogen-bond donors (Lipinski definition) is 1. The van der Waals surface area contributed by atoms with Gasteiger partial charge < -0.3 is 19.6 Å². The Morgan fingerprint density at radius 3 is 2.84 bits per heavy atom. The Kier molecular flexibility index (Phi) is 5.23. The third-order valence-electron chi connectivity index (χ3n) is 3.63. The SMILES string of the molecule is C/C(=N/OCC(=O)Nc1ccc(Br)c(C)c1)c1ccc2c(c1)OCO2. The fourth-order valence-electron chi connectivity index (χ4n) is 2.28. The lowest BCUT2D eigenvalue weighted by molar-refractivity contribution is -0.120. The molecule has 0 aromatic heterocycles. The molecule has 130 valence electrons. The Morgan fingerprint density at radius 1 is 1.24 bits per heavy atom. The molecule has 2 aromatic rings. The average Bonchev–Trinajstić information content (AvgIpc) is 3.05. The highest BCUT2D eigenvalue weighted by Gasteiger charge is 2.14. The maximum absolute atomic E-state index is 11.9. The summed E-state index contributed by atoms with van der Waals surface area (Å²) in [5.41, 5.74) is 3.24. The highest BCUT2D eigenvalue weighted by Crippen LogP contribution is 2.32. The van der Waals surface area contributed by atoms with Gasteiger partial charge in [-0.25, -0.2) is 0 Å². The first-order chi connectivity index (χ1) is 12.0. The summed E-state index contributed by atoms with van der Waals surface area (Å²) in [7, 11) is 0. The number of nitrogens with zero attached hydrogens (tertiary/aromatic N) is 1. The summed E-state index contributed by atoms with van der Waals surface area (Å²) in [5, 5.41) is 6.75. The Morgan fingerprint density at radius 2 is 2.04 bits per heavy atom. The molecule has 0 fully saturated rings. The van der Waals surface area contributed by atoms with E-state index in [0.29, 0.717) is 22.9 Å². The molecule has 0 unspecified atom stereocenters. The van der Waals surface area contributed by atoms with Crippen LogP contribution in [0.3, 0.4) is 0 Å². The molecule has 0 atom stereocenters. The van der Waals surface area contributed by atoms with Crippen LogP contribution in [0.25, 0.3) is 0 Å². The van der Waals surface area contributed by atoms with Crippen molar-refractivity contribution in [2.24, 2.45) is 5.16 Å². The molecule has 1 aliphatic rings. The number of benzene rings is 2. The molecule has 3 rings (SSSR count). The lowest BCUT2D eigenvalue weighted by atomic mass is 10.1. The summed E-state index contributed by atoms with van der Waals surface area (Å²) in [5.74, 6) is 1.11. The van der Waals surface area contributed by atoms with Crippen LogP contribution in [-0.4, -0.2) is 25.0 Å². The zero-order valence-corrected chi connectivity index (χ0v) is 15.4. The van der Waals surface area contributed by atoms with Gasteiger partial charge in [-0.05, 0) is 55.8 Å². The van der Waals surface area contributed by atoms with Crippen LogP contribution in [0.5, 0.6) is 11.5 Å². The van der Waals surface area contributed by atoms with Gasteiger partial charge in [-0.1, -0.05) is 21.1 Å². The second kappa shape index (κ2) is 7.57. The molecular formula is C18H17BrN2O4. The maximum Gasteiger partial charge on any atom is 0.265 e. The highest BCUT2D eigenvalue weighted by molar-refractivity contribution is 9.10. The minimum Gasteiger partial charge on any atom is -0.454 e. The first-order valence-electron chi connectivity index (χ1n) is 7.65. The van der Waals surface area contributed by atoms with E-state index in [9.17, 15) is 4.79 Å². The van der Waals surface area contributed by atoms with E-state index in [0.717, 1.165) is 15.6 Å². The quantitative estimate of drug-likeness (QED) is 0.606. The summed E-state index contributed by atoms with van der Waals surface area (Å²) in [6.07, 6.45) is 0. The van der Waals surface area contributed by atoms with Crippen LogP contribution in [-0.2, 0) is 9.63 Å². The van der Waals surface area contributed by atoms with Gasteiger partial charge in [-0.3, -0.25) is 4.79 Å². The lowest BCUT2D eigenvalue weighted by Gasteiger charge is -2.07. The number of nitrogens with one attached hydrogen (secondary N) is 1. The standard InChI is InChI=1S/C18H17BrN2O4/c1-11-7-14(4-5-15(11)19)20-18(22)9-25-21-12(2)13-3-6-16-17(8-13)24-10-23-16/h3-8H,9-10H2,1-2H3,(H,20,22)/b21-12-. The smallest absolute Gasteiger partial charge is 0.265 e. The van der Waals surface area contributed by atoms with E-state index in [4.69, 9.17) is 14.3 Å². The Hall–Kier alpha value is -2.54. The molecule has 0 saturated carbocycles. The second-order valence-electron chi connectivity index (χ2n) is 5.53. The first kappa shape index (κ1) is 17.3. The number of ether oxygens (including phenoxy) is 2. The van der Waals surface area contributed by atoms with E-state index >= 15 is 0 Å². The number of hydrogen-bond acceptors (Lipinski definition) is 5. The molecule has 1 amide bonds. The summed E-state index contributed by atoms with van der Waals surface area (Å²) < 4.78 is 11.6. The van der Waals surface area contributed by atoms with Crippen LogP contribution in [0.1, 0.15) is 18.1 Å². The van der Waals surface area contributed by atoms with Crippen molar-refractivity contribution in [3.63, 3.8) is 0 Å². The van der Waals surface area contributed by atoms with E-state index in [2.05, 4.69) is 26.4 Å². The van der Waals surface area contributed by atoms with Crippen molar-refractivity contribution >= 4 is 33.2 Å². The Bertz CT molecular complexity index is 836. The van der Waals surface area contributed by atoms with Gasteiger partial charge in [0.1, 0.15) is 0 Å².